The first-order valence-corrected chi connectivity index (χ1v) is 10.4. The first kappa shape index (κ1) is 20.8. The standard InChI is InChI=1S/C22H19N3O5S/c1-22(2)11-15-20(31-16-9-4-3-8-14(16)24-15)18(26)17(22)19(27)21(28)23-12-6-5-7-13(10-12)25(29)30/h3-10,17,24H,11H2,1-2H3,(H,23,28). The van der Waals surface area contributed by atoms with Gasteiger partial charge in [-0.05, 0) is 30.0 Å². The molecule has 8 nitrogen and oxygen atoms in total. The molecule has 1 unspecified atom stereocenters. The van der Waals surface area contributed by atoms with E-state index in [-0.39, 0.29) is 11.4 Å². The van der Waals surface area contributed by atoms with Crippen LogP contribution >= 0.6 is 11.8 Å². The number of nitrogens with one attached hydrogen (secondary N) is 2. The number of amides is 1. The molecule has 1 aliphatic carbocycles. The molecule has 2 aromatic carbocycles. The van der Waals surface area contributed by atoms with Crippen LogP contribution in [0, 0.1) is 21.4 Å². The zero-order chi connectivity index (χ0) is 22.3. The smallest absolute Gasteiger partial charge is 0.292 e. The van der Waals surface area contributed by atoms with Crippen LogP contribution < -0.4 is 10.6 Å². The Morgan fingerprint density at radius 1 is 1.19 bits per heavy atom. The third kappa shape index (κ3) is 3.84. The Bertz CT molecular complexity index is 1170. The minimum absolute atomic E-state index is 0.121. The molecule has 1 amide bonds. The predicted molar refractivity (Wildman–Crippen MR) is 117 cm³/mol. The molecule has 2 N–H and O–H groups in total. The number of rotatable bonds is 4. The van der Waals surface area contributed by atoms with E-state index in [1.54, 1.807) is 13.8 Å². The van der Waals surface area contributed by atoms with E-state index in [9.17, 15) is 24.5 Å². The number of non-ortho nitro benzene ring substituents is 1. The zero-order valence-corrected chi connectivity index (χ0v) is 17.6. The molecule has 2 aliphatic rings. The van der Waals surface area contributed by atoms with Gasteiger partial charge in [0.2, 0.25) is 5.78 Å². The second kappa shape index (κ2) is 7.66. The van der Waals surface area contributed by atoms with Crippen molar-refractivity contribution in [1.82, 2.24) is 0 Å². The highest BCUT2D eigenvalue weighted by Crippen LogP contribution is 2.50. The fraction of sp³-hybridized carbons (Fsp3) is 0.227. The fourth-order valence-electron chi connectivity index (χ4n) is 3.91. The molecule has 0 fully saturated rings. The lowest BCUT2D eigenvalue weighted by Gasteiger charge is -2.40. The summed E-state index contributed by atoms with van der Waals surface area (Å²) >= 11 is 1.30. The summed E-state index contributed by atoms with van der Waals surface area (Å²) in [5, 5.41) is 16.6. The van der Waals surface area contributed by atoms with Crippen LogP contribution in [0.25, 0.3) is 0 Å². The van der Waals surface area contributed by atoms with Crippen LogP contribution in [0.3, 0.4) is 0 Å². The number of hydrogen-bond donors (Lipinski definition) is 2. The first-order chi connectivity index (χ1) is 14.7. The maximum atomic E-state index is 13.3. The number of benzene rings is 2. The largest absolute Gasteiger partial charge is 0.357 e. The average molecular weight is 437 g/mol. The molecule has 9 heteroatoms. The van der Waals surface area contributed by atoms with Gasteiger partial charge in [0.05, 0.1) is 21.4 Å². The van der Waals surface area contributed by atoms with Crippen molar-refractivity contribution in [3.05, 3.63) is 69.2 Å². The Labute approximate surface area is 182 Å². The van der Waals surface area contributed by atoms with Gasteiger partial charge in [-0.25, -0.2) is 0 Å². The van der Waals surface area contributed by atoms with Gasteiger partial charge in [0.25, 0.3) is 11.6 Å². The van der Waals surface area contributed by atoms with Crippen molar-refractivity contribution in [2.75, 3.05) is 10.6 Å². The van der Waals surface area contributed by atoms with Gasteiger partial charge in [0.1, 0.15) is 0 Å². The topological polar surface area (TPSA) is 118 Å². The summed E-state index contributed by atoms with van der Waals surface area (Å²) in [6.07, 6.45) is 0.426. The van der Waals surface area contributed by atoms with Crippen LogP contribution in [0.4, 0.5) is 17.1 Å². The summed E-state index contributed by atoms with van der Waals surface area (Å²) in [6.45, 7) is 3.56. The summed E-state index contributed by atoms with van der Waals surface area (Å²) in [4.78, 5) is 50.7. The van der Waals surface area contributed by atoms with Crippen LogP contribution in [0.5, 0.6) is 0 Å². The molecule has 1 atom stereocenters. The summed E-state index contributed by atoms with van der Waals surface area (Å²) in [7, 11) is 0. The number of ketones is 2. The summed E-state index contributed by atoms with van der Waals surface area (Å²) in [5.41, 5.74) is 0.783. The number of hydrogen-bond acceptors (Lipinski definition) is 7. The number of nitro groups is 1. The van der Waals surface area contributed by atoms with Crippen molar-refractivity contribution < 1.29 is 19.3 Å². The second-order valence-corrected chi connectivity index (χ2v) is 9.17. The highest BCUT2D eigenvalue weighted by Gasteiger charge is 2.49. The van der Waals surface area contributed by atoms with Crippen molar-refractivity contribution >= 4 is 46.3 Å². The van der Waals surface area contributed by atoms with Gasteiger partial charge in [-0.1, -0.05) is 43.8 Å². The van der Waals surface area contributed by atoms with E-state index < -0.39 is 33.7 Å². The van der Waals surface area contributed by atoms with Gasteiger partial charge in [-0.2, -0.15) is 0 Å². The minimum Gasteiger partial charge on any atom is -0.357 e. The van der Waals surface area contributed by atoms with E-state index in [0.717, 1.165) is 22.3 Å². The summed E-state index contributed by atoms with van der Waals surface area (Å²) in [6, 6.07) is 12.9. The molecule has 0 bridgehead atoms. The molecule has 4 rings (SSSR count). The SMILES string of the molecule is CC1(C)CC2=C(Sc3ccccc3N2)C(=O)C1C(=O)C(=O)Nc1cccc([N+](=O)[O-])c1. The number of nitro benzene ring substituents is 1. The van der Waals surface area contributed by atoms with Crippen molar-refractivity contribution in [2.24, 2.45) is 11.3 Å². The first-order valence-electron chi connectivity index (χ1n) is 9.58. The number of carbonyl (C=O) groups is 3. The maximum Gasteiger partial charge on any atom is 0.292 e. The summed E-state index contributed by atoms with van der Waals surface area (Å²) in [5.74, 6) is -3.36. The monoisotopic (exact) mass is 437 g/mol. The molecule has 0 aromatic heterocycles. The van der Waals surface area contributed by atoms with Crippen LogP contribution in [0.1, 0.15) is 20.3 Å². The normalized spacial score (nSPS) is 19.0. The second-order valence-electron chi connectivity index (χ2n) is 8.12. The number of nitrogens with zero attached hydrogens (tertiary/aromatic N) is 1. The molecule has 158 valence electrons. The fourth-order valence-corrected chi connectivity index (χ4v) is 4.97. The Hall–Kier alpha value is -3.46. The number of Topliss-reactive ketones (excluding diaryl/α,β-unsaturated/α-hetero) is 2. The van der Waals surface area contributed by atoms with E-state index in [1.807, 2.05) is 24.3 Å². The molecule has 1 heterocycles. The van der Waals surface area contributed by atoms with Crippen molar-refractivity contribution in [3.63, 3.8) is 0 Å². The average Bonchev–Trinajstić information content (AvgIpc) is 2.72. The number of carbonyl (C=O) groups excluding carboxylic acids is 3. The van der Waals surface area contributed by atoms with E-state index in [0.29, 0.717) is 11.3 Å². The van der Waals surface area contributed by atoms with Gasteiger partial charge >= 0.3 is 0 Å². The zero-order valence-electron chi connectivity index (χ0n) is 16.8. The lowest BCUT2D eigenvalue weighted by Crippen LogP contribution is -2.46. The predicted octanol–water partition coefficient (Wildman–Crippen LogP) is 4.15. The number of thioether (sulfide) groups is 1. The van der Waals surface area contributed by atoms with E-state index >= 15 is 0 Å². The van der Waals surface area contributed by atoms with E-state index in [2.05, 4.69) is 10.6 Å². The van der Waals surface area contributed by atoms with Crippen LogP contribution in [0.2, 0.25) is 0 Å². The van der Waals surface area contributed by atoms with Gasteiger partial charge in [0.15, 0.2) is 5.78 Å². The number of fused-ring (bicyclic) bond motifs is 1. The number of allylic oxidation sites excluding steroid dienone is 2. The van der Waals surface area contributed by atoms with Crippen molar-refractivity contribution in [3.8, 4) is 0 Å². The van der Waals surface area contributed by atoms with E-state index in [4.69, 9.17) is 0 Å². The van der Waals surface area contributed by atoms with Crippen molar-refractivity contribution in [1.29, 1.82) is 0 Å². The molecular weight excluding hydrogens is 418 g/mol. The number of para-hydroxylation sites is 1. The Balaban J connectivity index is 1.59. The van der Waals surface area contributed by atoms with Gasteiger partial charge < -0.3 is 10.6 Å². The number of anilines is 2. The lowest BCUT2D eigenvalue weighted by molar-refractivity contribution is -0.384. The maximum absolute atomic E-state index is 13.3. The van der Waals surface area contributed by atoms with Gasteiger partial charge in [-0.15, -0.1) is 0 Å². The molecule has 0 saturated heterocycles. The molecule has 0 saturated carbocycles. The lowest BCUT2D eigenvalue weighted by atomic mass is 9.67. The van der Waals surface area contributed by atoms with Crippen LogP contribution in [-0.4, -0.2) is 22.4 Å². The quantitative estimate of drug-likeness (QED) is 0.319. The Morgan fingerprint density at radius 2 is 1.94 bits per heavy atom. The highest BCUT2D eigenvalue weighted by atomic mass is 32.2. The molecule has 2 aromatic rings. The molecule has 31 heavy (non-hydrogen) atoms. The summed E-state index contributed by atoms with van der Waals surface area (Å²) < 4.78 is 0. The molecule has 0 radical (unpaired) electrons. The van der Waals surface area contributed by atoms with Crippen molar-refractivity contribution in [2.45, 2.75) is 25.2 Å². The Morgan fingerprint density at radius 3 is 2.68 bits per heavy atom. The Kier molecular flexibility index (Phi) is 5.14. The van der Waals surface area contributed by atoms with Crippen LogP contribution in [0.15, 0.2) is 64.0 Å². The highest BCUT2D eigenvalue weighted by molar-refractivity contribution is 8.04. The third-order valence-electron chi connectivity index (χ3n) is 5.36. The molecule has 1 aliphatic heterocycles. The van der Waals surface area contributed by atoms with Crippen LogP contribution in [-0.2, 0) is 14.4 Å². The van der Waals surface area contributed by atoms with Gasteiger partial charge in [-0.3, -0.25) is 24.5 Å². The van der Waals surface area contributed by atoms with E-state index in [1.165, 1.54) is 30.0 Å². The van der Waals surface area contributed by atoms with Gasteiger partial charge in [0, 0.05) is 28.4 Å². The molecular formula is C22H19N3O5S. The minimum atomic E-state index is -1.15. The molecule has 0 spiro atoms. The third-order valence-corrected chi connectivity index (χ3v) is 6.59.